The summed E-state index contributed by atoms with van der Waals surface area (Å²) in [6.07, 6.45) is -3.18. The molecule has 1 aromatic carbocycles. The monoisotopic (exact) mass is 545 g/mol. The number of hydrogen-bond acceptors (Lipinski definition) is 8. The van der Waals surface area contributed by atoms with Gasteiger partial charge in [0.15, 0.2) is 17.2 Å². The molecule has 4 N–H and O–H groups in total. The SMILES string of the molecule is Cn1c(=O)oc2ccc(CNC(=O)c3cc(C(=O)NCc4ccnc(C(F)(F)F)c4)nc(C(F)=CN)n3)cc21. The molecule has 15 heteroatoms. The first-order valence-corrected chi connectivity index (χ1v) is 11.1. The highest BCUT2D eigenvalue weighted by atomic mass is 19.4. The second kappa shape index (κ2) is 10.7. The Morgan fingerprint density at radius 1 is 1.03 bits per heavy atom. The number of oxazole rings is 1. The minimum Gasteiger partial charge on any atom is -0.408 e. The zero-order valence-corrected chi connectivity index (χ0v) is 20.0. The number of fused-ring (bicyclic) bond motifs is 1. The fraction of sp³-hybridized carbons (Fsp3) is 0.167. The average Bonchev–Trinajstić information content (AvgIpc) is 3.21. The van der Waals surface area contributed by atoms with Gasteiger partial charge in [-0.2, -0.15) is 13.2 Å². The number of alkyl halides is 3. The maximum atomic E-state index is 14.2. The van der Waals surface area contributed by atoms with Crippen molar-refractivity contribution in [2.24, 2.45) is 12.8 Å². The van der Waals surface area contributed by atoms with E-state index in [0.29, 0.717) is 22.9 Å². The Labute approximate surface area is 216 Å². The number of pyridine rings is 1. The van der Waals surface area contributed by atoms with Crippen molar-refractivity contribution in [1.29, 1.82) is 0 Å². The third-order valence-electron chi connectivity index (χ3n) is 5.43. The molecule has 0 radical (unpaired) electrons. The van der Waals surface area contributed by atoms with Crippen LogP contribution >= 0.6 is 0 Å². The number of aromatic nitrogens is 4. The molecular weight excluding hydrogens is 526 g/mol. The summed E-state index contributed by atoms with van der Waals surface area (Å²) < 4.78 is 59.2. The Hall–Kier alpha value is -5.08. The summed E-state index contributed by atoms with van der Waals surface area (Å²) in [5.41, 5.74) is 4.81. The van der Waals surface area contributed by atoms with Gasteiger partial charge in [0, 0.05) is 38.6 Å². The number of hydrogen-bond donors (Lipinski definition) is 3. The summed E-state index contributed by atoms with van der Waals surface area (Å²) in [7, 11) is 1.52. The van der Waals surface area contributed by atoms with Crippen molar-refractivity contribution >= 4 is 28.7 Å². The third kappa shape index (κ3) is 6.08. The van der Waals surface area contributed by atoms with E-state index in [9.17, 15) is 31.9 Å². The molecule has 0 aliphatic carbocycles. The van der Waals surface area contributed by atoms with Crippen LogP contribution in [0.25, 0.3) is 16.9 Å². The zero-order chi connectivity index (χ0) is 28.3. The van der Waals surface area contributed by atoms with Crippen molar-refractivity contribution in [3.05, 3.63) is 93.4 Å². The Morgan fingerprint density at radius 2 is 1.64 bits per heavy atom. The lowest BCUT2D eigenvalue weighted by Gasteiger charge is -2.10. The van der Waals surface area contributed by atoms with Gasteiger partial charge in [-0.05, 0) is 35.4 Å². The van der Waals surface area contributed by atoms with Gasteiger partial charge in [-0.1, -0.05) is 6.07 Å². The Bertz CT molecular complexity index is 1660. The van der Waals surface area contributed by atoms with E-state index < -0.39 is 46.8 Å². The van der Waals surface area contributed by atoms with Crippen LogP contribution in [0.5, 0.6) is 0 Å². The van der Waals surface area contributed by atoms with E-state index in [0.717, 1.165) is 18.3 Å². The summed E-state index contributed by atoms with van der Waals surface area (Å²) in [4.78, 5) is 48.0. The van der Waals surface area contributed by atoms with Crippen LogP contribution in [0.3, 0.4) is 0 Å². The maximum Gasteiger partial charge on any atom is 0.433 e. The molecule has 11 nitrogen and oxygen atoms in total. The average molecular weight is 545 g/mol. The molecule has 4 rings (SSSR count). The fourth-order valence-corrected chi connectivity index (χ4v) is 3.43. The van der Waals surface area contributed by atoms with Crippen molar-refractivity contribution in [2.75, 3.05) is 0 Å². The van der Waals surface area contributed by atoms with Crippen LogP contribution in [0, 0.1) is 0 Å². The van der Waals surface area contributed by atoms with Gasteiger partial charge in [-0.3, -0.25) is 19.1 Å². The summed E-state index contributed by atoms with van der Waals surface area (Å²) in [5, 5.41) is 4.93. The molecule has 0 saturated heterocycles. The molecule has 0 atom stereocenters. The molecule has 0 aliphatic rings. The van der Waals surface area contributed by atoms with Crippen molar-refractivity contribution in [3.63, 3.8) is 0 Å². The van der Waals surface area contributed by atoms with Crippen molar-refractivity contribution < 1.29 is 31.6 Å². The largest absolute Gasteiger partial charge is 0.433 e. The number of nitrogens with two attached hydrogens (primary N) is 1. The highest BCUT2D eigenvalue weighted by molar-refractivity contribution is 5.97. The van der Waals surface area contributed by atoms with Crippen LogP contribution in [0.4, 0.5) is 17.6 Å². The standard InChI is InChI=1S/C24H19F4N7O4/c1-35-17-6-12(2-3-18(17)39-23(35)38)10-31-21(36)15-8-16(34-20(33-15)14(25)9-29)22(37)32-11-13-4-5-30-19(7-13)24(26,27)28/h2-9H,10-11,29H2,1H3,(H,31,36)(H,32,37). The van der Waals surface area contributed by atoms with Gasteiger partial charge in [0.25, 0.3) is 11.8 Å². The van der Waals surface area contributed by atoms with E-state index in [1.165, 1.54) is 17.7 Å². The molecule has 3 heterocycles. The first-order valence-electron chi connectivity index (χ1n) is 11.1. The quantitative estimate of drug-likeness (QED) is 0.299. The number of rotatable bonds is 7. The van der Waals surface area contributed by atoms with Gasteiger partial charge in [0.05, 0.1) is 5.52 Å². The molecule has 0 spiro atoms. The van der Waals surface area contributed by atoms with Gasteiger partial charge in [-0.25, -0.2) is 19.2 Å². The second-order valence-electron chi connectivity index (χ2n) is 8.12. The Balaban J connectivity index is 1.52. The van der Waals surface area contributed by atoms with Gasteiger partial charge in [-0.15, -0.1) is 0 Å². The smallest absolute Gasteiger partial charge is 0.408 e. The van der Waals surface area contributed by atoms with E-state index in [-0.39, 0.29) is 24.3 Å². The minimum absolute atomic E-state index is 0.0200. The summed E-state index contributed by atoms with van der Waals surface area (Å²) in [5.74, 6) is -4.01. The maximum absolute atomic E-state index is 14.2. The summed E-state index contributed by atoms with van der Waals surface area (Å²) >= 11 is 0. The Morgan fingerprint density at radius 3 is 2.23 bits per heavy atom. The molecule has 0 bridgehead atoms. The number of amides is 2. The first-order chi connectivity index (χ1) is 18.5. The second-order valence-corrected chi connectivity index (χ2v) is 8.12. The molecule has 0 fully saturated rings. The molecule has 4 aromatic rings. The molecule has 3 aromatic heterocycles. The number of nitrogens with zero attached hydrogens (tertiary/aromatic N) is 4. The van der Waals surface area contributed by atoms with Crippen LogP contribution < -0.4 is 22.1 Å². The predicted molar refractivity (Wildman–Crippen MR) is 128 cm³/mol. The number of nitrogens with one attached hydrogen (secondary N) is 2. The van der Waals surface area contributed by atoms with E-state index in [1.54, 1.807) is 18.2 Å². The highest BCUT2D eigenvalue weighted by Gasteiger charge is 2.32. The number of carbonyl (C=O) groups is 2. The van der Waals surface area contributed by atoms with Crippen LogP contribution in [0.1, 0.15) is 43.6 Å². The van der Waals surface area contributed by atoms with E-state index in [4.69, 9.17) is 10.2 Å². The van der Waals surface area contributed by atoms with Gasteiger partial charge >= 0.3 is 11.9 Å². The van der Waals surface area contributed by atoms with Gasteiger partial charge < -0.3 is 20.8 Å². The lowest BCUT2D eigenvalue weighted by Crippen LogP contribution is -2.28. The molecule has 0 aliphatic heterocycles. The lowest BCUT2D eigenvalue weighted by atomic mass is 10.2. The van der Waals surface area contributed by atoms with E-state index in [1.807, 2.05) is 0 Å². The highest BCUT2D eigenvalue weighted by Crippen LogP contribution is 2.27. The van der Waals surface area contributed by atoms with E-state index in [2.05, 4.69) is 25.6 Å². The number of aryl methyl sites for hydroxylation is 1. The third-order valence-corrected chi connectivity index (χ3v) is 5.43. The first kappa shape index (κ1) is 27.0. The molecular formula is C24H19F4N7O4. The van der Waals surface area contributed by atoms with Crippen molar-refractivity contribution in [1.82, 2.24) is 30.2 Å². The molecule has 39 heavy (non-hydrogen) atoms. The number of halogens is 4. The van der Waals surface area contributed by atoms with Crippen LogP contribution in [0.15, 0.2) is 58.0 Å². The summed E-state index contributed by atoms with van der Waals surface area (Å²) in [6.45, 7) is -0.354. The molecule has 0 saturated carbocycles. The van der Waals surface area contributed by atoms with Crippen molar-refractivity contribution in [3.8, 4) is 0 Å². The lowest BCUT2D eigenvalue weighted by molar-refractivity contribution is -0.141. The predicted octanol–water partition coefficient (Wildman–Crippen LogP) is 2.42. The van der Waals surface area contributed by atoms with Crippen LogP contribution in [0.2, 0.25) is 0 Å². The number of carbonyl (C=O) groups excluding carboxylic acids is 2. The minimum atomic E-state index is -4.67. The van der Waals surface area contributed by atoms with Crippen LogP contribution in [-0.4, -0.2) is 31.3 Å². The Kier molecular flexibility index (Phi) is 7.42. The molecule has 2 amide bonds. The zero-order valence-electron chi connectivity index (χ0n) is 20.0. The molecule has 0 unspecified atom stereocenters. The normalized spacial score (nSPS) is 12.0. The van der Waals surface area contributed by atoms with Crippen molar-refractivity contribution in [2.45, 2.75) is 19.3 Å². The number of benzene rings is 1. The van der Waals surface area contributed by atoms with E-state index >= 15 is 0 Å². The van der Waals surface area contributed by atoms with Crippen LogP contribution in [-0.2, 0) is 26.3 Å². The fourth-order valence-electron chi connectivity index (χ4n) is 3.43. The van der Waals surface area contributed by atoms with Gasteiger partial charge in [0.2, 0.25) is 0 Å². The molecule has 202 valence electrons. The topological polar surface area (TPSA) is 158 Å². The van der Waals surface area contributed by atoms with Gasteiger partial charge in [0.1, 0.15) is 17.1 Å². The summed E-state index contributed by atoms with van der Waals surface area (Å²) in [6, 6.07) is 7.84.